The van der Waals surface area contributed by atoms with E-state index in [-0.39, 0.29) is 6.03 Å². The van der Waals surface area contributed by atoms with Crippen molar-refractivity contribution in [2.45, 2.75) is 19.7 Å². The summed E-state index contributed by atoms with van der Waals surface area (Å²) in [6, 6.07) is 19.2. The number of hydrogen-bond donors (Lipinski definition) is 0. The number of hydrogen-bond acceptors (Lipinski definition) is 2. The van der Waals surface area contributed by atoms with Crippen LogP contribution in [0.4, 0.5) is 4.79 Å². The van der Waals surface area contributed by atoms with Gasteiger partial charge in [0.05, 0.1) is 6.54 Å². The van der Waals surface area contributed by atoms with Crippen LogP contribution in [0.2, 0.25) is 0 Å². The lowest BCUT2D eigenvalue weighted by Gasteiger charge is -2.34. The van der Waals surface area contributed by atoms with Crippen LogP contribution in [0.25, 0.3) is 0 Å². The first kappa shape index (κ1) is 15.0. The molecular formula is C19H18N2O2. The van der Waals surface area contributed by atoms with Gasteiger partial charge < -0.3 is 4.74 Å². The lowest BCUT2D eigenvalue weighted by Crippen LogP contribution is -2.39. The van der Waals surface area contributed by atoms with E-state index in [2.05, 4.69) is 11.6 Å². The van der Waals surface area contributed by atoms with Crippen molar-refractivity contribution in [3.63, 3.8) is 0 Å². The lowest BCUT2D eigenvalue weighted by molar-refractivity contribution is 0.0282. The predicted octanol–water partition coefficient (Wildman–Crippen LogP) is 4.31. The molecule has 4 heteroatoms. The Kier molecular flexibility index (Phi) is 4.24. The Morgan fingerprint density at radius 1 is 1.13 bits per heavy atom. The van der Waals surface area contributed by atoms with Gasteiger partial charge in [0.15, 0.2) is 0 Å². The molecule has 3 rings (SSSR count). The maximum Gasteiger partial charge on any atom is 0.350 e. The highest BCUT2D eigenvalue weighted by Gasteiger charge is 2.32. The molecule has 0 radical (unpaired) electrons. The lowest BCUT2D eigenvalue weighted by atomic mass is 10.1. The SMILES string of the molecule is C=C(C)C1=NC(=O)N(Cc2ccccc2)C(c2ccccc2)O1. The molecule has 1 aliphatic rings. The molecule has 0 spiro atoms. The molecule has 0 saturated heterocycles. The Hall–Kier alpha value is -2.88. The monoisotopic (exact) mass is 306 g/mol. The Bertz CT molecular complexity index is 738. The first-order chi connectivity index (χ1) is 11.1. The second-order valence-corrected chi connectivity index (χ2v) is 5.47. The molecule has 0 fully saturated rings. The Morgan fingerprint density at radius 3 is 2.35 bits per heavy atom. The second-order valence-electron chi connectivity index (χ2n) is 5.47. The minimum Gasteiger partial charge on any atom is -0.449 e. The smallest absolute Gasteiger partial charge is 0.350 e. The third kappa shape index (κ3) is 3.31. The van der Waals surface area contributed by atoms with Gasteiger partial charge in [-0.15, -0.1) is 0 Å². The van der Waals surface area contributed by atoms with Crippen LogP contribution >= 0.6 is 0 Å². The Morgan fingerprint density at radius 2 is 1.74 bits per heavy atom. The highest BCUT2D eigenvalue weighted by molar-refractivity contribution is 6.01. The van der Waals surface area contributed by atoms with Crippen LogP contribution in [0.5, 0.6) is 0 Å². The fraction of sp³-hybridized carbons (Fsp3) is 0.158. The van der Waals surface area contributed by atoms with Gasteiger partial charge in [-0.1, -0.05) is 67.2 Å². The van der Waals surface area contributed by atoms with Gasteiger partial charge in [-0.2, -0.15) is 4.99 Å². The summed E-state index contributed by atoms with van der Waals surface area (Å²) in [7, 11) is 0. The minimum atomic E-state index is -0.506. The fourth-order valence-corrected chi connectivity index (χ4v) is 2.44. The molecule has 1 heterocycles. The zero-order chi connectivity index (χ0) is 16.2. The number of benzene rings is 2. The minimum absolute atomic E-state index is 0.299. The molecule has 2 aromatic carbocycles. The number of carbonyl (C=O) groups is 1. The maximum atomic E-state index is 12.5. The van der Waals surface area contributed by atoms with E-state index in [1.807, 2.05) is 60.7 Å². The van der Waals surface area contributed by atoms with Gasteiger partial charge in [0.25, 0.3) is 0 Å². The van der Waals surface area contributed by atoms with E-state index in [9.17, 15) is 4.79 Å². The maximum absolute atomic E-state index is 12.5. The summed E-state index contributed by atoms with van der Waals surface area (Å²) in [5.74, 6) is 0.299. The van der Waals surface area contributed by atoms with Gasteiger partial charge in [0.2, 0.25) is 12.1 Å². The summed E-state index contributed by atoms with van der Waals surface area (Å²) >= 11 is 0. The molecule has 0 N–H and O–H groups in total. The second kappa shape index (κ2) is 6.48. The van der Waals surface area contributed by atoms with Crippen LogP contribution in [0.1, 0.15) is 24.3 Å². The van der Waals surface area contributed by atoms with Gasteiger partial charge in [0.1, 0.15) is 0 Å². The molecule has 2 amide bonds. The fourth-order valence-electron chi connectivity index (χ4n) is 2.44. The number of nitrogens with zero attached hydrogens (tertiary/aromatic N) is 2. The zero-order valence-electron chi connectivity index (χ0n) is 13.0. The highest BCUT2D eigenvalue weighted by atomic mass is 16.5. The van der Waals surface area contributed by atoms with Gasteiger partial charge in [0, 0.05) is 11.1 Å². The van der Waals surface area contributed by atoms with Crippen molar-refractivity contribution >= 4 is 11.9 Å². The van der Waals surface area contributed by atoms with E-state index >= 15 is 0 Å². The molecule has 1 aliphatic heterocycles. The van der Waals surface area contributed by atoms with Crippen molar-refractivity contribution in [2.24, 2.45) is 4.99 Å². The van der Waals surface area contributed by atoms with E-state index in [0.29, 0.717) is 18.0 Å². The van der Waals surface area contributed by atoms with Crippen LogP contribution in [0.15, 0.2) is 77.8 Å². The molecule has 116 valence electrons. The van der Waals surface area contributed by atoms with Crippen molar-refractivity contribution in [3.8, 4) is 0 Å². The summed E-state index contributed by atoms with van der Waals surface area (Å²) in [6.07, 6.45) is -0.506. The summed E-state index contributed by atoms with van der Waals surface area (Å²) in [6.45, 7) is 6.04. The number of ether oxygens (including phenoxy) is 1. The third-order valence-corrected chi connectivity index (χ3v) is 3.59. The standard InChI is InChI=1S/C19H18N2O2/c1-14(2)17-20-19(22)21(13-15-9-5-3-6-10-15)18(23-17)16-11-7-4-8-12-16/h3-12,18H,1,13H2,2H3. The molecule has 2 aromatic rings. The molecule has 0 saturated carbocycles. The van der Waals surface area contributed by atoms with E-state index in [1.165, 1.54) is 0 Å². The van der Waals surface area contributed by atoms with E-state index in [4.69, 9.17) is 4.74 Å². The van der Waals surface area contributed by atoms with Gasteiger partial charge in [-0.25, -0.2) is 4.79 Å². The third-order valence-electron chi connectivity index (χ3n) is 3.59. The Labute approximate surface area is 135 Å². The van der Waals surface area contributed by atoms with Crippen molar-refractivity contribution in [1.29, 1.82) is 0 Å². The summed E-state index contributed by atoms with van der Waals surface area (Å²) in [4.78, 5) is 18.2. The van der Waals surface area contributed by atoms with E-state index in [0.717, 1.165) is 11.1 Å². The van der Waals surface area contributed by atoms with Crippen LogP contribution in [0.3, 0.4) is 0 Å². The van der Waals surface area contributed by atoms with Crippen molar-refractivity contribution < 1.29 is 9.53 Å². The summed E-state index contributed by atoms with van der Waals surface area (Å²) < 4.78 is 5.94. The highest BCUT2D eigenvalue weighted by Crippen LogP contribution is 2.29. The van der Waals surface area contributed by atoms with Crippen LogP contribution in [-0.2, 0) is 11.3 Å². The van der Waals surface area contributed by atoms with Crippen LogP contribution in [-0.4, -0.2) is 16.8 Å². The first-order valence-corrected chi connectivity index (χ1v) is 7.46. The van der Waals surface area contributed by atoms with Gasteiger partial charge in [-0.3, -0.25) is 4.90 Å². The molecule has 1 atom stereocenters. The van der Waals surface area contributed by atoms with E-state index < -0.39 is 6.23 Å². The van der Waals surface area contributed by atoms with Crippen molar-refractivity contribution in [2.75, 3.05) is 0 Å². The summed E-state index contributed by atoms with van der Waals surface area (Å²) in [5.41, 5.74) is 2.57. The molecular weight excluding hydrogens is 288 g/mol. The topological polar surface area (TPSA) is 41.9 Å². The number of amides is 2. The normalized spacial score (nSPS) is 17.4. The van der Waals surface area contributed by atoms with Crippen LogP contribution in [0, 0.1) is 0 Å². The first-order valence-electron chi connectivity index (χ1n) is 7.46. The average molecular weight is 306 g/mol. The number of aliphatic imine (C=N–C) groups is 1. The number of urea groups is 1. The van der Waals surface area contributed by atoms with Crippen LogP contribution < -0.4 is 0 Å². The molecule has 1 unspecified atom stereocenters. The molecule has 0 aromatic heterocycles. The summed E-state index contributed by atoms with van der Waals surface area (Å²) in [5, 5.41) is 0. The zero-order valence-corrected chi connectivity index (χ0v) is 13.0. The molecule has 0 bridgehead atoms. The molecule has 4 nitrogen and oxygen atoms in total. The largest absolute Gasteiger partial charge is 0.449 e. The number of rotatable bonds is 4. The molecule has 0 aliphatic carbocycles. The van der Waals surface area contributed by atoms with Crippen molar-refractivity contribution in [3.05, 3.63) is 83.9 Å². The van der Waals surface area contributed by atoms with Gasteiger partial charge in [-0.05, 0) is 12.5 Å². The number of carbonyl (C=O) groups excluding carboxylic acids is 1. The molecule has 23 heavy (non-hydrogen) atoms. The predicted molar refractivity (Wildman–Crippen MR) is 89.9 cm³/mol. The Balaban J connectivity index is 1.96. The van der Waals surface area contributed by atoms with Crippen molar-refractivity contribution in [1.82, 2.24) is 4.90 Å². The van der Waals surface area contributed by atoms with E-state index in [1.54, 1.807) is 11.8 Å². The quantitative estimate of drug-likeness (QED) is 0.844. The van der Waals surface area contributed by atoms with Gasteiger partial charge >= 0.3 is 6.03 Å². The average Bonchev–Trinajstić information content (AvgIpc) is 2.58.